The number of fused-ring (bicyclic) bond motifs is 1. The quantitative estimate of drug-likeness (QED) is 0.834. The summed E-state index contributed by atoms with van der Waals surface area (Å²) in [4.78, 5) is 6.74. The highest BCUT2D eigenvalue weighted by Crippen LogP contribution is 2.21. The lowest BCUT2D eigenvalue weighted by Gasteiger charge is -2.29. The fourth-order valence-electron chi connectivity index (χ4n) is 2.31. The number of hydrogen-bond acceptors (Lipinski definition) is 5. The second-order valence-electron chi connectivity index (χ2n) is 4.39. The molecule has 0 atom stereocenters. The van der Waals surface area contributed by atoms with Gasteiger partial charge in [-0.05, 0) is 24.6 Å². The van der Waals surface area contributed by atoms with E-state index >= 15 is 0 Å². The van der Waals surface area contributed by atoms with Crippen molar-refractivity contribution in [2.45, 2.75) is 19.5 Å². The summed E-state index contributed by atoms with van der Waals surface area (Å²) in [7, 11) is 0. The molecule has 2 N–H and O–H groups in total. The van der Waals surface area contributed by atoms with Crippen LogP contribution in [0.1, 0.15) is 11.4 Å². The van der Waals surface area contributed by atoms with Gasteiger partial charge < -0.3 is 15.2 Å². The largest absolute Gasteiger partial charge is 0.347 e. The van der Waals surface area contributed by atoms with Gasteiger partial charge >= 0.3 is 0 Å². The minimum atomic E-state index is 0.642. The molecule has 6 heteroatoms. The SMILES string of the molecule is NCCc1cccnc1N1CCn2cnnc2C1. The maximum Gasteiger partial charge on any atom is 0.152 e. The van der Waals surface area contributed by atoms with Crippen LogP contribution in [0.25, 0.3) is 0 Å². The summed E-state index contributed by atoms with van der Waals surface area (Å²) in [6.45, 7) is 3.23. The highest BCUT2D eigenvalue weighted by atomic mass is 15.3. The van der Waals surface area contributed by atoms with E-state index in [0.717, 1.165) is 37.7 Å². The second-order valence-corrected chi connectivity index (χ2v) is 4.39. The summed E-state index contributed by atoms with van der Waals surface area (Å²) in [6.07, 6.45) is 4.47. The Kier molecular flexibility index (Phi) is 2.93. The maximum absolute atomic E-state index is 5.65. The molecular weight excluding hydrogens is 228 g/mol. The van der Waals surface area contributed by atoms with Gasteiger partial charge in [0.25, 0.3) is 0 Å². The first kappa shape index (κ1) is 11.2. The van der Waals surface area contributed by atoms with Gasteiger partial charge in [-0.15, -0.1) is 10.2 Å². The molecule has 0 saturated carbocycles. The number of pyridine rings is 1. The third-order valence-corrected chi connectivity index (χ3v) is 3.22. The van der Waals surface area contributed by atoms with E-state index in [1.807, 2.05) is 12.3 Å². The van der Waals surface area contributed by atoms with Crippen LogP contribution in [0, 0.1) is 0 Å². The molecule has 0 aliphatic carbocycles. The van der Waals surface area contributed by atoms with Crippen LogP contribution < -0.4 is 10.6 Å². The van der Waals surface area contributed by atoms with Crippen molar-refractivity contribution < 1.29 is 0 Å². The summed E-state index contributed by atoms with van der Waals surface area (Å²) < 4.78 is 2.09. The molecule has 0 fully saturated rings. The molecule has 2 aromatic rings. The first-order valence-electron chi connectivity index (χ1n) is 6.14. The van der Waals surface area contributed by atoms with Crippen LogP contribution >= 0.6 is 0 Å². The minimum Gasteiger partial charge on any atom is -0.347 e. The van der Waals surface area contributed by atoms with Crippen molar-refractivity contribution in [1.29, 1.82) is 0 Å². The van der Waals surface area contributed by atoms with Crippen molar-refractivity contribution in [3.05, 3.63) is 36.0 Å². The molecule has 1 aliphatic rings. The molecule has 1 aliphatic heterocycles. The summed E-state index contributed by atoms with van der Waals surface area (Å²) >= 11 is 0. The van der Waals surface area contributed by atoms with Crippen molar-refractivity contribution in [2.75, 3.05) is 18.0 Å². The predicted molar refractivity (Wildman–Crippen MR) is 68.1 cm³/mol. The molecule has 3 heterocycles. The molecule has 0 unspecified atom stereocenters. The zero-order valence-corrected chi connectivity index (χ0v) is 10.2. The molecular formula is C12H16N6. The van der Waals surface area contributed by atoms with Crippen molar-refractivity contribution in [3.8, 4) is 0 Å². The number of nitrogens with two attached hydrogens (primary N) is 1. The summed E-state index contributed by atoms with van der Waals surface area (Å²) in [6, 6.07) is 4.05. The van der Waals surface area contributed by atoms with Gasteiger partial charge in [-0.1, -0.05) is 6.07 Å². The Bertz CT molecular complexity index is 535. The number of nitrogens with zero attached hydrogens (tertiary/aromatic N) is 5. The number of rotatable bonds is 3. The summed E-state index contributed by atoms with van der Waals surface area (Å²) in [5, 5.41) is 8.06. The number of anilines is 1. The van der Waals surface area contributed by atoms with E-state index in [9.17, 15) is 0 Å². The molecule has 0 radical (unpaired) electrons. The van der Waals surface area contributed by atoms with Gasteiger partial charge in [-0.3, -0.25) is 0 Å². The Hall–Kier alpha value is -1.95. The zero-order chi connectivity index (χ0) is 12.4. The first-order chi connectivity index (χ1) is 8.88. The molecule has 3 rings (SSSR count). The van der Waals surface area contributed by atoms with Crippen molar-refractivity contribution in [3.63, 3.8) is 0 Å². The monoisotopic (exact) mass is 244 g/mol. The van der Waals surface area contributed by atoms with Gasteiger partial charge in [-0.2, -0.15) is 0 Å². The molecule has 94 valence electrons. The first-order valence-corrected chi connectivity index (χ1v) is 6.14. The number of aromatic nitrogens is 4. The van der Waals surface area contributed by atoms with Crippen molar-refractivity contribution in [1.82, 2.24) is 19.7 Å². The van der Waals surface area contributed by atoms with E-state index in [4.69, 9.17) is 5.73 Å². The molecule has 0 saturated heterocycles. The molecule has 2 aromatic heterocycles. The van der Waals surface area contributed by atoms with E-state index in [-0.39, 0.29) is 0 Å². The molecule has 0 bridgehead atoms. The van der Waals surface area contributed by atoms with Crippen LogP contribution in [-0.4, -0.2) is 32.8 Å². The lowest BCUT2D eigenvalue weighted by atomic mass is 10.1. The molecule has 0 spiro atoms. The Morgan fingerprint density at radius 3 is 3.17 bits per heavy atom. The maximum atomic E-state index is 5.65. The summed E-state index contributed by atoms with van der Waals surface area (Å²) in [5.74, 6) is 2.02. The van der Waals surface area contributed by atoms with E-state index in [2.05, 4.69) is 30.7 Å². The average molecular weight is 244 g/mol. The Balaban J connectivity index is 1.88. The number of hydrogen-bond donors (Lipinski definition) is 1. The van der Waals surface area contributed by atoms with Crippen LogP contribution in [0.3, 0.4) is 0 Å². The highest BCUT2D eigenvalue weighted by Gasteiger charge is 2.20. The van der Waals surface area contributed by atoms with Crippen molar-refractivity contribution >= 4 is 5.82 Å². The fraction of sp³-hybridized carbons (Fsp3) is 0.417. The topological polar surface area (TPSA) is 72.9 Å². The van der Waals surface area contributed by atoms with Gasteiger partial charge in [0.15, 0.2) is 5.82 Å². The Morgan fingerprint density at radius 1 is 1.33 bits per heavy atom. The lowest BCUT2D eigenvalue weighted by molar-refractivity contribution is 0.554. The average Bonchev–Trinajstić information content (AvgIpc) is 2.87. The van der Waals surface area contributed by atoms with Crippen LogP contribution in [0.2, 0.25) is 0 Å². The molecule has 6 nitrogen and oxygen atoms in total. The normalized spacial score (nSPS) is 14.6. The van der Waals surface area contributed by atoms with Crippen LogP contribution in [-0.2, 0) is 19.5 Å². The smallest absolute Gasteiger partial charge is 0.152 e. The van der Waals surface area contributed by atoms with Crippen molar-refractivity contribution in [2.24, 2.45) is 5.73 Å². The molecule has 18 heavy (non-hydrogen) atoms. The standard InChI is InChI=1S/C12H16N6/c13-4-3-10-2-1-5-14-12(10)17-6-7-18-9-15-16-11(18)8-17/h1-2,5,9H,3-4,6-8,13H2. The highest BCUT2D eigenvalue weighted by molar-refractivity contribution is 5.47. The minimum absolute atomic E-state index is 0.642. The van der Waals surface area contributed by atoms with E-state index in [0.29, 0.717) is 6.54 Å². The van der Waals surface area contributed by atoms with E-state index in [1.165, 1.54) is 5.56 Å². The lowest BCUT2D eigenvalue weighted by Crippen LogP contribution is -2.35. The fourth-order valence-corrected chi connectivity index (χ4v) is 2.31. The molecule has 0 amide bonds. The van der Waals surface area contributed by atoms with Gasteiger partial charge in [0.05, 0.1) is 6.54 Å². The third-order valence-electron chi connectivity index (χ3n) is 3.22. The van der Waals surface area contributed by atoms with E-state index in [1.54, 1.807) is 6.33 Å². The van der Waals surface area contributed by atoms with Gasteiger partial charge in [0.2, 0.25) is 0 Å². The summed E-state index contributed by atoms with van der Waals surface area (Å²) in [5.41, 5.74) is 6.85. The Morgan fingerprint density at radius 2 is 2.28 bits per heavy atom. The molecule has 0 aromatic carbocycles. The predicted octanol–water partition coefficient (Wildman–Crippen LogP) is 0.194. The van der Waals surface area contributed by atoms with Crippen LogP contribution in [0.15, 0.2) is 24.7 Å². The van der Waals surface area contributed by atoms with E-state index < -0.39 is 0 Å². The second kappa shape index (κ2) is 4.73. The van der Waals surface area contributed by atoms with Gasteiger partial charge in [0.1, 0.15) is 12.1 Å². The van der Waals surface area contributed by atoms with Gasteiger partial charge in [-0.25, -0.2) is 4.98 Å². The van der Waals surface area contributed by atoms with Crippen LogP contribution in [0.5, 0.6) is 0 Å². The van der Waals surface area contributed by atoms with Crippen LogP contribution in [0.4, 0.5) is 5.82 Å². The van der Waals surface area contributed by atoms with Gasteiger partial charge in [0, 0.05) is 19.3 Å². The Labute approximate surface area is 105 Å². The zero-order valence-electron chi connectivity index (χ0n) is 10.2. The third kappa shape index (κ3) is 1.95.